The van der Waals surface area contributed by atoms with E-state index in [1.54, 1.807) is 0 Å². The Morgan fingerprint density at radius 1 is 1.00 bits per heavy atom. The van der Waals surface area contributed by atoms with E-state index in [-0.39, 0.29) is 17.4 Å². The lowest BCUT2D eigenvalue weighted by Crippen LogP contribution is -2.56. The van der Waals surface area contributed by atoms with Crippen LogP contribution in [-0.2, 0) is 14.3 Å². The van der Waals surface area contributed by atoms with Crippen molar-refractivity contribution in [2.75, 3.05) is 0 Å². The predicted octanol–water partition coefficient (Wildman–Crippen LogP) is 5.67. The zero-order valence-corrected chi connectivity index (χ0v) is 17.9. The normalized spacial score (nSPS) is 48.2. The molecule has 0 aliphatic heterocycles. The molecule has 29 heavy (non-hydrogen) atoms. The summed E-state index contributed by atoms with van der Waals surface area (Å²) in [5.74, 6) is -2.34. The molecule has 0 aromatic rings. The second kappa shape index (κ2) is 6.51. The van der Waals surface area contributed by atoms with Crippen LogP contribution in [0.15, 0.2) is 11.6 Å². The van der Waals surface area contributed by atoms with Crippen molar-refractivity contribution in [3.05, 3.63) is 11.6 Å². The van der Waals surface area contributed by atoms with Crippen molar-refractivity contribution in [2.24, 2.45) is 28.6 Å². The number of carbonyl (C=O) groups is 1. The summed E-state index contributed by atoms with van der Waals surface area (Å²) in [4.78, 5) is 11.4. The molecule has 5 heteroatoms. The number of allylic oxidation sites excluding steroid dienone is 1. The van der Waals surface area contributed by atoms with Gasteiger partial charge in [-0.15, -0.1) is 0 Å². The second-order valence-corrected chi connectivity index (χ2v) is 10.9. The van der Waals surface area contributed by atoms with Crippen molar-refractivity contribution in [3.63, 3.8) is 0 Å². The minimum atomic E-state index is -3.06. The van der Waals surface area contributed by atoms with Gasteiger partial charge >= 0.3 is 11.9 Å². The third kappa shape index (κ3) is 2.93. The molecule has 5 aliphatic carbocycles. The first-order valence-electron chi connectivity index (χ1n) is 11.6. The van der Waals surface area contributed by atoms with Gasteiger partial charge in [0.1, 0.15) is 0 Å². The molecule has 0 aromatic heterocycles. The van der Waals surface area contributed by atoms with Crippen LogP contribution in [0.25, 0.3) is 0 Å². The van der Waals surface area contributed by atoms with E-state index in [9.17, 15) is 4.79 Å². The Morgan fingerprint density at radius 2 is 1.76 bits per heavy atom. The van der Waals surface area contributed by atoms with E-state index in [1.165, 1.54) is 26.2 Å². The van der Waals surface area contributed by atoms with Crippen LogP contribution in [0.5, 0.6) is 0 Å². The fourth-order valence-electron chi connectivity index (χ4n) is 7.66. The minimum Gasteiger partial charge on any atom is -0.456 e. The molecule has 162 valence electrons. The van der Waals surface area contributed by atoms with E-state index in [4.69, 9.17) is 9.47 Å². The van der Waals surface area contributed by atoms with Crippen LogP contribution >= 0.6 is 0 Å². The first-order chi connectivity index (χ1) is 13.7. The maximum Gasteiger partial charge on any atom is 0.305 e. The predicted molar refractivity (Wildman–Crippen MR) is 105 cm³/mol. The number of alkyl halides is 2. The number of halogens is 2. The van der Waals surface area contributed by atoms with Gasteiger partial charge in [-0.1, -0.05) is 19.9 Å². The molecule has 7 atom stereocenters. The van der Waals surface area contributed by atoms with E-state index in [0.717, 1.165) is 25.7 Å². The highest BCUT2D eigenvalue weighted by Crippen LogP contribution is 2.67. The Bertz CT molecular complexity index is 730. The second-order valence-electron chi connectivity index (χ2n) is 10.9. The number of ether oxygens (including phenoxy) is 2. The number of carbonyl (C=O) groups excluding carboxylic acids is 1. The van der Waals surface area contributed by atoms with Gasteiger partial charge in [0.25, 0.3) is 0 Å². The lowest BCUT2D eigenvalue weighted by Gasteiger charge is -2.59. The molecule has 4 fully saturated rings. The summed E-state index contributed by atoms with van der Waals surface area (Å²) in [6, 6.07) is 0. The molecule has 4 saturated carbocycles. The highest BCUT2D eigenvalue weighted by molar-refractivity contribution is 5.66. The number of hydrogen-bond acceptors (Lipinski definition) is 3. The van der Waals surface area contributed by atoms with Gasteiger partial charge in [-0.3, -0.25) is 4.79 Å². The van der Waals surface area contributed by atoms with Crippen molar-refractivity contribution in [2.45, 2.75) is 103 Å². The average molecular weight is 409 g/mol. The highest BCUT2D eigenvalue weighted by Gasteiger charge is 2.64. The molecule has 0 amide bonds. The summed E-state index contributed by atoms with van der Waals surface area (Å²) in [7, 11) is 0. The molecular formula is C24H34F2O3. The van der Waals surface area contributed by atoms with E-state index >= 15 is 8.78 Å². The monoisotopic (exact) mass is 408 g/mol. The number of esters is 1. The first-order valence-corrected chi connectivity index (χ1v) is 11.6. The summed E-state index contributed by atoms with van der Waals surface area (Å²) < 4.78 is 42.2. The van der Waals surface area contributed by atoms with E-state index < -0.39 is 23.4 Å². The molecule has 0 radical (unpaired) electrons. The van der Waals surface area contributed by atoms with Gasteiger partial charge < -0.3 is 9.47 Å². The lowest BCUT2D eigenvalue weighted by molar-refractivity contribution is -0.181. The number of rotatable bonds is 3. The van der Waals surface area contributed by atoms with E-state index in [1.807, 2.05) is 6.08 Å². The van der Waals surface area contributed by atoms with Crippen LogP contribution < -0.4 is 0 Å². The molecule has 0 N–H and O–H groups in total. The van der Waals surface area contributed by atoms with E-state index in [2.05, 4.69) is 13.8 Å². The van der Waals surface area contributed by atoms with Crippen LogP contribution in [0.2, 0.25) is 0 Å². The van der Waals surface area contributed by atoms with Gasteiger partial charge in [-0.05, 0) is 86.4 Å². The van der Waals surface area contributed by atoms with Crippen LogP contribution in [0.3, 0.4) is 0 Å². The molecular weight excluding hydrogens is 374 g/mol. The average Bonchev–Trinajstić information content (AvgIpc) is 3.39. The van der Waals surface area contributed by atoms with Gasteiger partial charge in [0.2, 0.25) is 0 Å². The Balaban J connectivity index is 1.42. The third-order valence-electron chi connectivity index (χ3n) is 9.26. The molecule has 5 rings (SSSR count). The molecule has 2 unspecified atom stereocenters. The van der Waals surface area contributed by atoms with Crippen LogP contribution in [0.4, 0.5) is 8.78 Å². The van der Waals surface area contributed by atoms with Gasteiger partial charge in [0.15, 0.2) is 6.10 Å². The standard InChI is InChI=1S/C24H34F2O3/c1-14(27)28-21-11-13-22(2)18-10-12-23(3)17(7-9-20(23)29-15-4-5-15)16(18)6-8-19(22)24(21,25)26/h8,15-18,20-21H,4-7,9-13H2,1-3H3/t16-,17-,18+,20?,21?,22+,23-/m0/s1. The van der Waals surface area contributed by atoms with Crippen molar-refractivity contribution in [3.8, 4) is 0 Å². The summed E-state index contributed by atoms with van der Waals surface area (Å²) in [6.07, 6.45) is 9.77. The molecule has 5 aliphatic rings. The minimum absolute atomic E-state index is 0.197. The van der Waals surface area contributed by atoms with Crippen LogP contribution in [0.1, 0.15) is 78.6 Å². The van der Waals surface area contributed by atoms with Gasteiger partial charge in [-0.2, -0.15) is 8.78 Å². The highest BCUT2D eigenvalue weighted by atomic mass is 19.3. The number of fused-ring (bicyclic) bond motifs is 5. The maximum atomic E-state index is 15.4. The van der Waals surface area contributed by atoms with Crippen molar-refractivity contribution >= 4 is 5.97 Å². The summed E-state index contributed by atoms with van der Waals surface area (Å²) in [5.41, 5.74) is -0.0425. The lowest BCUT2D eigenvalue weighted by atomic mass is 9.47. The largest absolute Gasteiger partial charge is 0.456 e. The third-order valence-corrected chi connectivity index (χ3v) is 9.26. The van der Waals surface area contributed by atoms with E-state index in [0.29, 0.717) is 36.4 Å². The molecule has 0 heterocycles. The maximum absolute atomic E-state index is 15.4. The Morgan fingerprint density at radius 3 is 2.45 bits per heavy atom. The first kappa shape index (κ1) is 20.0. The SMILES string of the molecule is CC(=O)OC1CC[C@@]2(C)C(=CC[C@@H]3[C@H]2CC[C@]2(C)C(OC4CC4)CC[C@@H]32)C1(F)F. The summed E-state index contributed by atoms with van der Waals surface area (Å²) in [5, 5.41) is 0. The Labute approximate surface area is 172 Å². The topological polar surface area (TPSA) is 35.5 Å². The van der Waals surface area contributed by atoms with Crippen LogP contribution in [0, 0.1) is 28.6 Å². The van der Waals surface area contributed by atoms with Crippen LogP contribution in [-0.4, -0.2) is 30.2 Å². The fourth-order valence-corrected chi connectivity index (χ4v) is 7.66. The molecule has 0 aromatic carbocycles. The Hall–Kier alpha value is -0.970. The summed E-state index contributed by atoms with van der Waals surface area (Å²) in [6.45, 7) is 5.68. The van der Waals surface area contributed by atoms with Crippen molar-refractivity contribution in [1.82, 2.24) is 0 Å². The molecule has 0 saturated heterocycles. The molecule has 0 spiro atoms. The van der Waals surface area contributed by atoms with Crippen molar-refractivity contribution < 1.29 is 23.0 Å². The van der Waals surface area contributed by atoms with Gasteiger partial charge in [0.05, 0.1) is 12.2 Å². The van der Waals surface area contributed by atoms with Gasteiger partial charge in [-0.25, -0.2) is 0 Å². The Kier molecular flexibility index (Phi) is 4.48. The smallest absolute Gasteiger partial charge is 0.305 e. The van der Waals surface area contributed by atoms with Crippen molar-refractivity contribution in [1.29, 1.82) is 0 Å². The fraction of sp³-hybridized carbons (Fsp3) is 0.875. The van der Waals surface area contributed by atoms with Gasteiger partial charge in [0, 0.05) is 12.5 Å². The zero-order valence-electron chi connectivity index (χ0n) is 17.9. The summed E-state index contributed by atoms with van der Waals surface area (Å²) >= 11 is 0. The molecule has 3 nitrogen and oxygen atoms in total. The zero-order chi connectivity index (χ0) is 20.6. The number of hydrogen-bond donors (Lipinski definition) is 0. The quantitative estimate of drug-likeness (QED) is 0.446. The molecule has 0 bridgehead atoms.